The molecule has 94 valence electrons. The highest BCUT2D eigenvalue weighted by atomic mass is 16.2. The molecule has 1 aromatic rings. The van der Waals surface area contributed by atoms with Gasteiger partial charge in [-0.25, -0.2) is 0 Å². The Labute approximate surface area is 107 Å². The van der Waals surface area contributed by atoms with Gasteiger partial charge in [-0.3, -0.25) is 9.59 Å². The van der Waals surface area contributed by atoms with Gasteiger partial charge in [-0.2, -0.15) is 0 Å². The fourth-order valence-electron chi connectivity index (χ4n) is 3.09. The maximum atomic E-state index is 12.2. The van der Waals surface area contributed by atoms with Gasteiger partial charge in [0.2, 0.25) is 0 Å². The van der Waals surface area contributed by atoms with Gasteiger partial charge in [0, 0.05) is 6.04 Å². The Bertz CT molecular complexity index is 487. The van der Waals surface area contributed by atoms with Crippen LogP contribution in [0.5, 0.6) is 0 Å². The van der Waals surface area contributed by atoms with Crippen LogP contribution in [-0.4, -0.2) is 17.7 Å². The quantitative estimate of drug-likeness (QED) is 0.561. The number of nitrogens with zero attached hydrogens (tertiary/aromatic N) is 1. The van der Waals surface area contributed by atoms with Gasteiger partial charge in [-0.1, -0.05) is 37.8 Å². The van der Waals surface area contributed by atoms with Crippen LogP contribution in [-0.2, 0) is 4.79 Å². The molecule has 1 aromatic carbocycles. The number of anilines is 1. The van der Waals surface area contributed by atoms with Crippen LogP contribution < -0.4 is 4.90 Å². The van der Waals surface area contributed by atoms with E-state index in [4.69, 9.17) is 0 Å². The Kier molecular flexibility index (Phi) is 2.90. The first-order chi connectivity index (χ1) is 8.79. The minimum atomic E-state index is -0.338. The van der Waals surface area contributed by atoms with Crippen molar-refractivity contribution >= 4 is 17.4 Å². The van der Waals surface area contributed by atoms with E-state index in [0.717, 1.165) is 31.4 Å². The number of fused-ring (bicyclic) bond motifs is 1. The van der Waals surface area contributed by atoms with Crippen LogP contribution in [0.2, 0.25) is 0 Å². The van der Waals surface area contributed by atoms with Crippen molar-refractivity contribution in [2.45, 2.75) is 44.6 Å². The van der Waals surface area contributed by atoms with Crippen LogP contribution in [0.25, 0.3) is 0 Å². The van der Waals surface area contributed by atoms with E-state index in [1.165, 1.54) is 12.8 Å². The van der Waals surface area contributed by atoms with E-state index in [9.17, 15) is 9.59 Å². The fourth-order valence-corrected chi connectivity index (χ4v) is 3.09. The first kappa shape index (κ1) is 11.5. The molecule has 1 fully saturated rings. The summed E-state index contributed by atoms with van der Waals surface area (Å²) in [6.07, 6.45) is 6.85. The molecule has 0 unspecified atom stereocenters. The first-order valence-corrected chi connectivity index (χ1v) is 6.76. The molecule has 3 nitrogen and oxygen atoms in total. The van der Waals surface area contributed by atoms with Crippen molar-refractivity contribution in [1.29, 1.82) is 0 Å². The van der Waals surface area contributed by atoms with Crippen molar-refractivity contribution < 1.29 is 9.59 Å². The summed E-state index contributed by atoms with van der Waals surface area (Å²) in [6.45, 7) is 0. The smallest absolute Gasteiger partial charge is 0.299 e. The van der Waals surface area contributed by atoms with Gasteiger partial charge in [-0.15, -0.1) is 0 Å². The van der Waals surface area contributed by atoms with Crippen LogP contribution in [0.4, 0.5) is 5.69 Å². The number of amides is 1. The number of hydrogen-bond donors (Lipinski definition) is 0. The lowest BCUT2D eigenvalue weighted by atomic mass is 10.1. The van der Waals surface area contributed by atoms with E-state index in [1.54, 1.807) is 11.0 Å². The fraction of sp³-hybridized carbons (Fsp3) is 0.467. The maximum Gasteiger partial charge on any atom is 0.299 e. The van der Waals surface area contributed by atoms with Crippen molar-refractivity contribution in [3.63, 3.8) is 0 Å². The zero-order valence-corrected chi connectivity index (χ0v) is 10.4. The molecule has 3 heteroatoms. The average Bonchev–Trinajstić information content (AvgIpc) is 2.61. The van der Waals surface area contributed by atoms with Gasteiger partial charge >= 0.3 is 0 Å². The Morgan fingerprint density at radius 1 is 0.944 bits per heavy atom. The minimum absolute atomic E-state index is 0.215. The van der Waals surface area contributed by atoms with Crippen LogP contribution in [0, 0.1) is 0 Å². The van der Waals surface area contributed by atoms with Crippen molar-refractivity contribution in [2.75, 3.05) is 4.90 Å². The summed E-state index contributed by atoms with van der Waals surface area (Å²) in [7, 11) is 0. The number of carbonyl (C=O) groups excluding carboxylic acids is 2. The van der Waals surface area contributed by atoms with Gasteiger partial charge in [-0.05, 0) is 25.0 Å². The molecule has 2 aliphatic rings. The average molecular weight is 243 g/mol. The van der Waals surface area contributed by atoms with Crippen molar-refractivity contribution in [3.05, 3.63) is 29.8 Å². The predicted molar refractivity (Wildman–Crippen MR) is 69.7 cm³/mol. The molecule has 1 heterocycles. The van der Waals surface area contributed by atoms with Gasteiger partial charge in [0.1, 0.15) is 0 Å². The molecule has 0 aromatic heterocycles. The van der Waals surface area contributed by atoms with E-state index < -0.39 is 0 Å². The molecule has 1 aliphatic heterocycles. The third kappa shape index (κ3) is 1.74. The second-order valence-electron chi connectivity index (χ2n) is 5.17. The molecule has 1 amide bonds. The molecule has 18 heavy (non-hydrogen) atoms. The second-order valence-corrected chi connectivity index (χ2v) is 5.17. The van der Waals surface area contributed by atoms with E-state index in [-0.39, 0.29) is 17.7 Å². The van der Waals surface area contributed by atoms with Crippen molar-refractivity contribution in [1.82, 2.24) is 0 Å². The molecule has 0 N–H and O–H groups in total. The number of rotatable bonds is 1. The number of benzene rings is 1. The Hall–Kier alpha value is -1.64. The maximum absolute atomic E-state index is 12.2. The van der Waals surface area contributed by atoms with Crippen LogP contribution in [0.1, 0.15) is 48.9 Å². The summed E-state index contributed by atoms with van der Waals surface area (Å²) in [5.41, 5.74) is 1.39. The first-order valence-electron chi connectivity index (χ1n) is 6.76. The molecular formula is C15H17NO2. The van der Waals surface area contributed by atoms with E-state index in [2.05, 4.69) is 0 Å². The molecule has 0 spiro atoms. The van der Waals surface area contributed by atoms with Crippen molar-refractivity contribution in [3.8, 4) is 0 Å². The number of para-hydroxylation sites is 1. The molecule has 3 rings (SSSR count). The Morgan fingerprint density at radius 3 is 2.33 bits per heavy atom. The number of Topliss-reactive ketones (excluding diaryl/α,β-unsaturated/α-hetero) is 1. The summed E-state index contributed by atoms with van der Waals surface area (Å²) < 4.78 is 0. The summed E-state index contributed by atoms with van der Waals surface area (Å²) in [6, 6.07) is 7.58. The summed E-state index contributed by atoms with van der Waals surface area (Å²) in [5.74, 6) is -0.669. The summed E-state index contributed by atoms with van der Waals surface area (Å²) in [5, 5.41) is 0. The van der Waals surface area contributed by atoms with Crippen molar-refractivity contribution in [2.24, 2.45) is 0 Å². The standard InChI is InChI=1S/C15H17NO2/c17-14-12-9-5-6-10-13(12)16(15(14)18)11-7-3-1-2-4-8-11/h5-6,9-11H,1-4,7-8H2. The highest BCUT2D eigenvalue weighted by Crippen LogP contribution is 2.34. The van der Waals surface area contributed by atoms with Gasteiger partial charge in [0.05, 0.1) is 11.3 Å². The molecule has 0 saturated heterocycles. The zero-order chi connectivity index (χ0) is 12.5. The SMILES string of the molecule is O=C1C(=O)N(C2CCCCCC2)c2ccccc21. The molecule has 0 atom stereocenters. The predicted octanol–water partition coefficient (Wildman–Crippen LogP) is 2.94. The molecule has 0 radical (unpaired) electrons. The second kappa shape index (κ2) is 4.56. The molecule has 1 aliphatic carbocycles. The highest BCUT2D eigenvalue weighted by Gasteiger charge is 2.39. The minimum Gasteiger partial charge on any atom is -0.302 e. The third-order valence-corrected chi connectivity index (χ3v) is 4.01. The highest BCUT2D eigenvalue weighted by molar-refractivity contribution is 6.52. The number of ketones is 1. The monoisotopic (exact) mass is 243 g/mol. The summed E-state index contributed by atoms with van der Waals surface area (Å²) >= 11 is 0. The Morgan fingerprint density at radius 2 is 1.61 bits per heavy atom. The third-order valence-electron chi connectivity index (χ3n) is 4.01. The van der Waals surface area contributed by atoms with Gasteiger partial charge in [0.15, 0.2) is 0 Å². The van der Waals surface area contributed by atoms with E-state index in [1.807, 2.05) is 18.2 Å². The lowest BCUT2D eigenvalue weighted by molar-refractivity contribution is -0.114. The molecule has 0 bridgehead atoms. The van der Waals surface area contributed by atoms with Gasteiger partial charge in [0.25, 0.3) is 11.7 Å². The Balaban J connectivity index is 1.96. The number of carbonyl (C=O) groups is 2. The van der Waals surface area contributed by atoms with E-state index >= 15 is 0 Å². The topological polar surface area (TPSA) is 37.4 Å². The lowest BCUT2D eigenvalue weighted by Gasteiger charge is -2.26. The van der Waals surface area contributed by atoms with Crippen LogP contribution in [0.15, 0.2) is 24.3 Å². The number of hydrogen-bond acceptors (Lipinski definition) is 2. The van der Waals surface area contributed by atoms with E-state index in [0.29, 0.717) is 5.56 Å². The molecule has 1 saturated carbocycles. The lowest BCUT2D eigenvalue weighted by Crippen LogP contribution is -2.39. The summed E-state index contributed by atoms with van der Waals surface area (Å²) in [4.78, 5) is 25.8. The normalized spacial score (nSPS) is 21.0. The largest absolute Gasteiger partial charge is 0.302 e. The van der Waals surface area contributed by atoms with Crippen LogP contribution in [0.3, 0.4) is 0 Å². The zero-order valence-electron chi connectivity index (χ0n) is 10.4. The van der Waals surface area contributed by atoms with Gasteiger partial charge < -0.3 is 4.90 Å². The van der Waals surface area contributed by atoms with Crippen LogP contribution >= 0.6 is 0 Å². The molecular weight excluding hydrogens is 226 g/mol.